The van der Waals surface area contributed by atoms with Gasteiger partial charge in [0.1, 0.15) is 6.04 Å². The van der Waals surface area contributed by atoms with Crippen LogP contribution in [0.5, 0.6) is 0 Å². The lowest BCUT2D eigenvalue weighted by atomic mass is 10.0. The number of fused-ring (bicyclic) bond motifs is 1. The van der Waals surface area contributed by atoms with E-state index in [0.29, 0.717) is 0 Å². The zero-order chi connectivity index (χ0) is 17.1. The lowest BCUT2D eigenvalue weighted by Crippen LogP contribution is -2.50. The standard InChI is InChI=1S/C18H19N3O2S/c1-11(19)17(22)21-15-16(12-7-3-2-4-8-12)24-14-10-6-5-9-13(14)20-18(15)23/h2-11,15-16H,19H2,1H3,(H,20,23)(H,21,22)/t11-,15-,16+/m0/s1. The number of anilines is 1. The van der Waals surface area contributed by atoms with Crippen molar-refractivity contribution in [1.82, 2.24) is 5.32 Å². The van der Waals surface area contributed by atoms with Crippen molar-refractivity contribution in [2.24, 2.45) is 5.73 Å². The Balaban J connectivity index is 2.01. The quantitative estimate of drug-likeness (QED) is 0.800. The maximum absolute atomic E-state index is 12.7. The van der Waals surface area contributed by atoms with Crippen LogP contribution in [0.25, 0.3) is 0 Å². The van der Waals surface area contributed by atoms with E-state index in [4.69, 9.17) is 5.73 Å². The predicted molar refractivity (Wildman–Crippen MR) is 95.7 cm³/mol. The number of hydrogen-bond donors (Lipinski definition) is 3. The summed E-state index contributed by atoms with van der Waals surface area (Å²) >= 11 is 1.56. The number of benzene rings is 2. The molecule has 0 spiro atoms. The summed E-state index contributed by atoms with van der Waals surface area (Å²) in [6, 6.07) is 15.9. The summed E-state index contributed by atoms with van der Waals surface area (Å²) < 4.78 is 0. The van der Waals surface area contributed by atoms with Crippen LogP contribution < -0.4 is 16.4 Å². The second-order valence-electron chi connectivity index (χ2n) is 5.71. The van der Waals surface area contributed by atoms with Crippen LogP contribution in [0.4, 0.5) is 5.69 Å². The van der Waals surface area contributed by atoms with Crippen molar-refractivity contribution in [3.05, 3.63) is 60.2 Å². The van der Waals surface area contributed by atoms with Gasteiger partial charge in [-0.3, -0.25) is 9.59 Å². The molecule has 3 atom stereocenters. The van der Waals surface area contributed by atoms with Gasteiger partial charge in [0, 0.05) is 4.90 Å². The van der Waals surface area contributed by atoms with E-state index in [-0.39, 0.29) is 17.1 Å². The number of amides is 2. The lowest BCUT2D eigenvalue weighted by molar-refractivity contribution is -0.127. The van der Waals surface area contributed by atoms with Crippen LogP contribution in [0.2, 0.25) is 0 Å². The minimum absolute atomic E-state index is 0.238. The Morgan fingerprint density at radius 3 is 2.54 bits per heavy atom. The van der Waals surface area contributed by atoms with Gasteiger partial charge in [0.25, 0.3) is 0 Å². The van der Waals surface area contributed by atoms with Crippen LogP contribution in [0.15, 0.2) is 59.5 Å². The summed E-state index contributed by atoms with van der Waals surface area (Å²) in [6.45, 7) is 1.60. The number of thioether (sulfide) groups is 1. The molecule has 2 aromatic carbocycles. The second-order valence-corrected chi connectivity index (χ2v) is 6.89. The Hall–Kier alpha value is -2.31. The molecule has 0 radical (unpaired) electrons. The second kappa shape index (κ2) is 7.07. The number of carbonyl (C=O) groups is 2. The van der Waals surface area contributed by atoms with Gasteiger partial charge in [-0.25, -0.2) is 0 Å². The Morgan fingerprint density at radius 1 is 1.17 bits per heavy atom. The topological polar surface area (TPSA) is 84.2 Å². The summed E-state index contributed by atoms with van der Waals surface area (Å²) in [5.41, 5.74) is 7.39. The summed E-state index contributed by atoms with van der Waals surface area (Å²) in [4.78, 5) is 25.8. The van der Waals surface area contributed by atoms with Crippen molar-refractivity contribution >= 4 is 29.3 Å². The Kier molecular flexibility index (Phi) is 4.87. The van der Waals surface area contributed by atoms with E-state index in [2.05, 4.69) is 10.6 Å². The highest BCUT2D eigenvalue weighted by molar-refractivity contribution is 7.99. The van der Waals surface area contributed by atoms with Crippen LogP contribution in [0, 0.1) is 0 Å². The molecular weight excluding hydrogens is 322 g/mol. The fourth-order valence-electron chi connectivity index (χ4n) is 2.55. The van der Waals surface area contributed by atoms with E-state index >= 15 is 0 Å². The van der Waals surface area contributed by atoms with Crippen LogP contribution in [-0.2, 0) is 9.59 Å². The molecule has 4 N–H and O–H groups in total. The first-order valence-electron chi connectivity index (χ1n) is 7.73. The van der Waals surface area contributed by atoms with E-state index in [1.54, 1.807) is 18.7 Å². The number of carbonyl (C=O) groups excluding carboxylic acids is 2. The summed E-state index contributed by atoms with van der Waals surface area (Å²) in [5, 5.41) is 5.46. The fourth-order valence-corrected chi connectivity index (χ4v) is 3.85. The first-order chi connectivity index (χ1) is 11.6. The van der Waals surface area contributed by atoms with Crippen molar-refractivity contribution in [3.63, 3.8) is 0 Å². The molecule has 1 aliphatic rings. The molecule has 0 bridgehead atoms. The Morgan fingerprint density at radius 2 is 1.83 bits per heavy atom. The van der Waals surface area contributed by atoms with Gasteiger partial charge in [-0.1, -0.05) is 42.5 Å². The van der Waals surface area contributed by atoms with E-state index in [1.165, 1.54) is 0 Å². The van der Waals surface area contributed by atoms with E-state index < -0.39 is 12.1 Å². The molecule has 2 amide bonds. The van der Waals surface area contributed by atoms with Crippen LogP contribution in [0.1, 0.15) is 17.7 Å². The average molecular weight is 341 g/mol. The van der Waals surface area contributed by atoms with E-state index in [0.717, 1.165) is 16.1 Å². The molecule has 124 valence electrons. The van der Waals surface area contributed by atoms with Gasteiger partial charge < -0.3 is 16.4 Å². The third-order valence-corrected chi connectivity index (χ3v) is 5.23. The monoisotopic (exact) mass is 341 g/mol. The highest BCUT2D eigenvalue weighted by Crippen LogP contribution is 2.43. The van der Waals surface area contributed by atoms with Gasteiger partial charge in [0.15, 0.2) is 0 Å². The van der Waals surface area contributed by atoms with E-state index in [9.17, 15) is 9.59 Å². The first kappa shape index (κ1) is 16.5. The number of hydrogen-bond acceptors (Lipinski definition) is 4. The number of nitrogens with one attached hydrogen (secondary N) is 2. The fraction of sp³-hybridized carbons (Fsp3) is 0.222. The maximum atomic E-state index is 12.7. The molecule has 0 saturated carbocycles. The number of nitrogens with two attached hydrogens (primary N) is 1. The molecule has 0 saturated heterocycles. The molecule has 1 heterocycles. The summed E-state index contributed by atoms with van der Waals surface area (Å²) in [6.07, 6.45) is 0. The van der Waals surface area contributed by atoms with Gasteiger partial charge in [-0.05, 0) is 24.6 Å². The van der Waals surface area contributed by atoms with Gasteiger partial charge in [0.2, 0.25) is 11.8 Å². The Labute approximate surface area is 145 Å². The average Bonchev–Trinajstić information content (AvgIpc) is 2.72. The van der Waals surface area contributed by atoms with Crippen molar-refractivity contribution < 1.29 is 9.59 Å². The van der Waals surface area contributed by atoms with Crippen LogP contribution in [-0.4, -0.2) is 23.9 Å². The number of para-hydroxylation sites is 1. The molecule has 0 fully saturated rings. The molecule has 0 unspecified atom stereocenters. The molecule has 5 nitrogen and oxygen atoms in total. The molecule has 6 heteroatoms. The van der Waals surface area contributed by atoms with Gasteiger partial charge in [-0.15, -0.1) is 11.8 Å². The van der Waals surface area contributed by atoms with Gasteiger partial charge in [0.05, 0.1) is 17.0 Å². The SMILES string of the molecule is C[C@H](N)C(=O)N[C@@H]1C(=O)Nc2ccccc2S[C@@H]1c1ccccc1. The highest BCUT2D eigenvalue weighted by atomic mass is 32.2. The first-order valence-corrected chi connectivity index (χ1v) is 8.61. The summed E-state index contributed by atoms with van der Waals surface area (Å²) in [7, 11) is 0. The van der Waals surface area contributed by atoms with Crippen molar-refractivity contribution in [1.29, 1.82) is 0 Å². The smallest absolute Gasteiger partial charge is 0.248 e. The molecule has 3 rings (SSSR count). The van der Waals surface area contributed by atoms with Crippen LogP contribution in [0.3, 0.4) is 0 Å². The zero-order valence-electron chi connectivity index (χ0n) is 13.2. The molecule has 24 heavy (non-hydrogen) atoms. The molecule has 2 aromatic rings. The largest absolute Gasteiger partial charge is 0.342 e. The molecule has 0 aromatic heterocycles. The molecule has 0 aliphatic carbocycles. The normalized spacial score (nSPS) is 21.2. The van der Waals surface area contributed by atoms with Crippen molar-refractivity contribution in [2.75, 3.05) is 5.32 Å². The summed E-state index contributed by atoms with van der Waals surface area (Å²) in [5.74, 6) is -0.585. The third kappa shape index (κ3) is 3.44. The number of rotatable bonds is 3. The van der Waals surface area contributed by atoms with Crippen LogP contribution >= 0.6 is 11.8 Å². The third-order valence-electron chi connectivity index (χ3n) is 3.82. The molecule has 1 aliphatic heterocycles. The zero-order valence-corrected chi connectivity index (χ0v) is 14.0. The highest BCUT2D eigenvalue weighted by Gasteiger charge is 2.35. The predicted octanol–water partition coefficient (Wildman–Crippen LogP) is 2.30. The maximum Gasteiger partial charge on any atom is 0.248 e. The minimum atomic E-state index is -0.705. The van der Waals surface area contributed by atoms with Gasteiger partial charge in [-0.2, -0.15) is 0 Å². The lowest BCUT2D eigenvalue weighted by Gasteiger charge is -2.25. The molecular formula is C18H19N3O2S. The minimum Gasteiger partial charge on any atom is -0.342 e. The van der Waals surface area contributed by atoms with Crippen molar-refractivity contribution in [2.45, 2.75) is 29.2 Å². The Bertz CT molecular complexity index is 749. The van der Waals surface area contributed by atoms with E-state index in [1.807, 2.05) is 54.6 Å². The van der Waals surface area contributed by atoms with Gasteiger partial charge >= 0.3 is 0 Å². The van der Waals surface area contributed by atoms with Crippen molar-refractivity contribution in [3.8, 4) is 0 Å².